The van der Waals surface area contributed by atoms with E-state index in [1.807, 2.05) is 30.3 Å². The zero-order valence-corrected chi connectivity index (χ0v) is 12.3. The van der Waals surface area contributed by atoms with Crippen molar-refractivity contribution in [3.63, 3.8) is 0 Å². The second-order valence-corrected chi connectivity index (χ2v) is 6.44. The van der Waals surface area contributed by atoms with E-state index in [1.54, 1.807) is 0 Å². The molecule has 3 heteroatoms. The number of hydrogen-bond acceptors (Lipinski definition) is 2. The quantitative estimate of drug-likeness (QED) is 0.815. The summed E-state index contributed by atoms with van der Waals surface area (Å²) in [6.07, 6.45) is 2.06. The Kier molecular flexibility index (Phi) is 3.57. The van der Waals surface area contributed by atoms with E-state index in [4.69, 9.17) is 0 Å². The van der Waals surface area contributed by atoms with Gasteiger partial charge in [-0.25, -0.2) is 0 Å². The highest BCUT2D eigenvalue weighted by atomic mass is 16.2. The lowest BCUT2D eigenvalue weighted by Crippen LogP contribution is -2.48. The van der Waals surface area contributed by atoms with E-state index in [2.05, 4.69) is 38.5 Å². The molecule has 1 aromatic rings. The van der Waals surface area contributed by atoms with Gasteiger partial charge < -0.3 is 0 Å². The van der Waals surface area contributed by atoms with Crippen molar-refractivity contribution < 1.29 is 4.79 Å². The third-order valence-electron chi connectivity index (χ3n) is 5.33. The first-order chi connectivity index (χ1) is 8.88. The van der Waals surface area contributed by atoms with Gasteiger partial charge in [0, 0.05) is 0 Å². The number of nitrogens with one attached hydrogen (secondary N) is 2. The van der Waals surface area contributed by atoms with Gasteiger partial charge in [0.15, 0.2) is 0 Å². The molecule has 3 nitrogen and oxygen atoms in total. The van der Waals surface area contributed by atoms with E-state index in [1.165, 1.54) is 0 Å². The third kappa shape index (κ3) is 2.34. The number of benzene rings is 1. The molecule has 0 unspecified atom stereocenters. The monoisotopic (exact) mass is 260 g/mol. The highest BCUT2D eigenvalue weighted by molar-refractivity contribution is 5.84. The van der Waals surface area contributed by atoms with E-state index in [0.29, 0.717) is 5.92 Å². The predicted molar refractivity (Wildman–Crippen MR) is 78.5 cm³/mol. The van der Waals surface area contributed by atoms with Crippen molar-refractivity contribution in [2.75, 3.05) is 5.43 Å². The molecular weight excluding hydrogens is 236 g/mol. The van der Waals surface area contributed by atoms with Crippen LogP contribution < -0.4 is 10.9 Å². The fourth-order valence-corrected chi connectivity index (χ4v) is 2.93. The second kappa shape index (κ2) is 4.87. The summed E-state index contributed by atoms with van der Waals surface area (Å²) in [5, 5.41) is 0. The van der Waals surface area contributed by atoms with Crippen LogP contribution in [-0.4, -0.2) is 5.91 Å². The highest BCUT2D eigenvalue weighted by Crippen LogP contribution is 2.55. The SMILES string of the molecule is C[C@H]1CC[C@@](C)(C(=O)NNc2ccccc2)C1(C)C. The Morgan fingerprint density at radius 1 is 1.21 bits per heavy atom. The van der Waals surface area contributed by atoms with E-state index in [0.717, 1.165) is 18.5 Å². The van der Waals surface area contributed by atoms with Crippen LogP contribution in [0.2, 0.25) is 0 Å². The Morgan fingerprint density at radius 2 is 1.84 bits per heavy atom. The second-order valence-electron chi connectivity index (χ2n) is 6.44. The minimum atomic E-state index is -0.311. The summed E-state index contributed by atoms with van der Waals surface area (Å²) in [6, 6.07) is 9.71. The first-order valence-corrected chi connectivity index (χ1v) is 6.99. The molecule has 1 aliphatic carbocycles. The van der Waals surface area contributed by atoms with E-state index >= 15 is 0 Å². The molecule has 1 fully saturated rings. The lowest BCUT2D eigenvalue weighted by atomic mass is 9.66. The van der Waals surface area contributed by atoms with Crippen LogP contribution in [0.15, 0.2) is 30.3 Å². The van der Waals surface area contributed by atoms with Gasteiger partial charge in [0.25, 0.3) is 0 Å². The molecule has 1 saturated carbocycles. The fraction of sp³-hybridized carbons (Fsp3) is 0.562. The summed E-state index contributed by atoms with van der Waals surface area (Å²) in [5.74, 6) is 0.658. The summed E-state index contributed by atoms with van der Waals surface area (Å²) in [7, 11) is 0. The number of rotatable bonds is 3. The van der Waals surface area contributed by atoms with Gasteiger partial charge in [-0.1, -0.05) is 45.9 Å². The Balaban J connectivity index is 2.04. The van der Waals surface area contributed by atoms with E-state index in [9.17, 15) is 4.79 Å². The topological polar surface area (TPSA) is 41.1 Å². The van der Waals surface area contributed by atoms with Crippen LogP contribution in [0.25, 0.3) is 0 Å². The molecule has 19 heavy (non-hydrogen) atoms. The summed E-state index contributed by atoms with van der Waals surface area (Å²) in [5.41, 5.74) is 6.49. The average molecular weight is 260 g/mol. The Bertz CT molecular complexity index is 455. The zero-order chi connectivity index (χ0) is 14.1. The van der Waals surface area contributed by atoms with Crippen molar-refractivity contribution in [1.82, 2.24) is 5.43 Å². The van der Waals surface area contributed by atoms with Crippen LogP contribution in [-0.2, 0) is 4.79 Å². The van der Waals surface area contributed by atoms with Crippen molar-refractivity contribution in [1.29, 1.82) is 0 Å². The summed E-state index contributed by atoms with van der Waals surface area (Å²) in [6.45, 7) is 8.72. The number of hydrogen-bond donors (Lipinski definition) is 2. The molecule has 0 saturated heterocycles. The number of carbonyl (C=O) groups is 1. The maximum atomic E-state index is 12.5. The van der Waals surface area contributed by atoms with Gasteiger partial charge in [-0.15, -0.1) is 0 Å². The number of amides is 1. The fourth-order valence-electron chi connectivity index (χ4n) is 2.93. The molecule has 104 valence electrons. The lowest BCUT2D eigenvalue weighted by Gasteiger charge is -2.39. The average Bonchev–Trinajstić information content (AvgIpc) is 2.62. The third-order valence-corrected chi connectivity index (χ3v) is 5.33. The molecule has 2 atom stereocenters. The van der Waals surface area contributed by atoms with Crippen LogP contribution in [0.1, 0.15) is 40.5 Å². The van der Waals surface area contributed by atoms with Gasteiger partial charge in [0.1, 0.15) is 0 Å². The summed E-state index contributed by atoms with van der Waals surface area (Å²) < 4.78 is 0. The van der Waals surface area contributed by atoms with Crippen LogP contribution in [0.5, 0.6) is 0 Å². The van der Waals surface area contributed by atoms with Gasteiger partial charge in [0.05, 0.1) is 11.1 Å². The minimum Gasteiger partial charge on any atom is -0.299 e. The van der Waals surface area contributed by atoms with Crippen molar-refractivity contribution in [2.45, 2.75) is 40.5 Å². The van der Waals surface area contributed by atoms with Crippen molar-refractivity contribution in [3.8, 4) is 0 Å². The van der Waals surface area contributed by atoms with Crippen LogP contribution in [0.3, 0.4) is 0 Å². The van der Waals surface area contributed by atoms with E-state index < -0.39 is 0 Å². The first-order valence-electron chi connectivity index (χ1n) is 6.99. The lowest BCUT2D eigenvalue weighted by molar-refractivity contribution is -0.135. The number of para-hydroxylation sites is 1. The molecular formula is C16H24N2O. The molecule has 2 rings (SSSR count). The molecule has 2 N–H and O–H groups in total. The maximum absolute atomic E-state index is 12.5. The normalized spacial score (nSPS) is 28.9. The molecule has 0 aliphatic heterocycles. The molecule has 1 aromatic carbocycles. The van der Waals surface area contributed by atoms with Crippen LogP contribution in [0.4, 0.5) is 5.69 Å². The molecule has 0 heterocycles. The Hall–Kier alpha value is -1.51. The molecule has 1 amide bonds. The highest BCUT2D eigenvalue weighted by Gasteiger charge is 2.54. The molecule has 0 radical (unpaired) electrons. The molecule has 0 bridgehead atoms. The Labute approximate surface area is 115 Å². The van der Waals surface area contributed by atoms with Gasteiger partial charge in [-0.05, 0) is 36.3 Å². The summed E-state index contributed by atoms with van der Waals surface area (Å²) >= 11 is 0. The van der Waals surface area contributed by atoms with Gasteiger partial charge >= 0.3 is 0 Å². The zero-order valence-electron chi connectivity index (χ0n) is 12.3. The van der Waals surface area contributed by atoms with Gasteiger partial charge in [0.2, 0.25) is 5.91 Å². The molecule has 0 spiro atoms. The van der Waals surface area contributed by atoms with Crippen molar-refractivity contribution >= 4 is 11.6 Å². The smallest absolute Gasteiger partial charge is 0.244 e. The van der Waals surface area contributed by atoms with Crippen LogP contribution in [0, 0.1) is 16.7 Å². The van der Waals surface area contributed by atoms with Crippen molar-refractivity contribution in [3.05, 3.63) is 30.3 Å². The first kappa shape index (κ1) is 13.9. The molecule has 1 aliphatic rings. The minimum absolute atomic E-state index is 0.0233. The van der Waals surface area contributed by atoms with Crippen molar-refractivity contribution in [2.24, 2.45) is 16.7 Å². The van der Waals surface area contributed by atoms with Gasteiger partial charge in [-0.2, -0.15) is 0 Å². The Morgan fingerprint density at radius 3 is 2.37 bits per heavy atom. The number of carbonyl (C=O) groups excluding carboxylic acids is 1. The number of hydrazine groups is 1. The molecule has 0 aromatic heterocycles. The predicted octanol–water partition coefficient (Wildman–Crippen LogP) is 3.59. The summed E-state index contributed by atoms with van der Waals surface area (Å²) in [4.78, 5) is 12.5. The van der Waals surface area contributed by atoms with E-state index in [-0.39, 0.29) is 16.7 Å². The largest absolute Gasteiger partial charge is 0.299 e. The number of anilines is 1. The van der Waals surface area contributed by atoms with Gasteiger partial charge in [-0.3, -0.25) is 15.6 Å². The van der Waals surface area contributed by atoms with Crippen LogP contribution >= 0.6 is 0 Å². The standard InChI is InChI=1S/C16H24N2O/c1-12-10-11-16(4,15(12,2)3)14(19)18-17-13-8-6-5-7-9-13/h5-9,12,17H,10-11H2,1-4H3,(H,18,19)/t12-,16-/m0/s1. The maximum Gasteiger partial charge on any atom is 0.244 e.